The number of benzene rings is 1. The lowest BCUT2D eigenvalue weighted by Crippen LogP contribution is -2.27. The lowest BCUT2D eigenvalue weighted by molar-refractivity contribution is 0.898. The number of nitrogens with one attached hydrogen (secondary N) is 1. The number of aromatic nitrogens is 4. The summed E-state index contributed by atoms with van der Waals surface area (Å²) < 4.78 is 1.77. The van der Waals surface area contributed by atoms with Crippen LogP contribution in [0.1, 0.15) is 5.56 Å². The molecule has 18 heavy (non-hydrogen) atoms. The van der Waals surface area contributed by atoms with Crippen LogP contribution in [0.4, 0.5) is 5.95 Å². The molecule has 5 nitrogen and oxygen atoms in total. The molecule has 2 aromatic heterocycles. The number of imidazole rings is 1. The molecule has 0 amide bonds. The Bertz CT molecular complexity index is 825. The Labute approximate surface area is 103 Å². The van der Waals surface area contributed by atoms with Gasteiger partial charge in [0.25, 0.3) is 0 Å². The first-order chi connectivity index (χ1) is 8.65. The molecule has 0 radical (unpaired) electrons. The van der Waals surface area contributed by atoms with Crippen LogP contribution in [0.25, 0.3) is 23.6 Å². The first kappa shape index (κ1) is 10.6. The average molecular weight is 239 g/mol. The molecule has 5 heteroatoms. The van der Waals surface area contributed by atoms with Gasteiger partial charge in [0, 0.05) is 12.4 Å². The molecule has 0 bridgehead atoms. The van der Waals surface area contributed by atoms with E-state index in [-0.39, 0.29) is 0 Å². The van der Waals surface area contributed by atoms with Gasteiger partial charge < -0.3 is 10.3 Å². The molecule has 3 aromatic rings. The Morgan fingerprint density at radius 2 is 2.28 bits per heavy atom. The number of H-pyrrole nitrogens is 1. The van der Waals surface area contributed by atoms with Crippen molar-refractivity contribution in [2.45, 2.75) is 0 Å². The van der Waals surface area contributed by atoms with Crippen molar-refractivity contribution in [3.63, 3.8) is 0 Å². The SMILES string of the molecule is C=c1/c(=C/c2ccc3[nH]ncc3c2)nc(N)n1C. The van der Waals surface area contributed by atoms with E-state index in [0.717, 1.165) is 27.2 Å². The lowest BCUT2D eigenvalue weighted by atomic mass is 10.1. The number of nitrogen functional groups attached to an aromatic ring is 1. The van der Waals surface area contributed by atoms with Crippen LogP contribution in [0.5, 0.6) is 0 Å². The van der Waals surface area contributed by atoms with Gasteiger partial charge in [0.05, 0.1) is 22.4 Å². The summed E-state index contributed by atoms with van der Waals surface area (Å²) in [5.74, 6) is 0.468. The molecule has 2 heterocycles. The van der Waals surface area contributed by atoms with Crippen molar-refractivity contribution in [1.82, 2.24) is 19.7 Å². The van der Waals surface area contributed by atoms with Crippen molar-refractivity contribution in [3.8, 4) is 0 Å². The number of hydrogen-bond donors (Lipinski definition) is 2. The Hall–Kier alpha value is -2.56. The summed E-state index contributed by atoms with van der Waals surface area (Å²) in [5, 5.41) is 9.58. The van der Waals surface area contributed by atoms with Crippen LogP contribution in [0.2, 0.25) is 0 Å². The van der Waals surface area contributed by atoms with Gasteiger partial charge in [-0.2, -0.15) is 5.10 Å². The number of aromatic amines is 1. The van der Waals surface area contributed by atoms with E-state index in [1.54, 1.807) is 10.8 Å². The fraction of sp³-hybridized carbons (Fsp3) is 0.0769. The van der Waals surface area contributed by atoms with Gasteiger partial charge >= 0.3 is 0 Å². The van der Waals surface area contributed by atoms with Gasteiger partial charge in [0.1, 0.15) is 0 Å². The molecule has 1 aromatic carbocycles. The van der Waals surface area contributed by atoms with E-state index in [2.05, 4.69) is 21.8 Å². The van der Waals surface area contributed by atoms with Crippen molar-refractivity contribution in [3.05, 3.63) is 40.7 Å². The van der Waals surface area contributed by atoms with Gasteiger partial charge in [-0.15, -0.1) is 0 Å². The molecule has 0 spiro atoms. The smallest absolute Gasteiger partial charge is 0.200 e. The van der Waals surface area contributed by atoms with E-state index in [0.29, 0.717) is 5.95 Å². The lowest BCUT2D eigenvalue weighted by Gasteiger charge is -1.92. The molecule has 0 atom stereocenters. The third-order valence-electron chi connectivity index (χ3n) is 3.05. The minimum absolute atomic E-state index is 0.468. The highest BCUT2D eigenvalue weighted by Gasteiger charge is 1.99. The highest BCUT2D eigenvalue weighted by atomic mass is 15.1. The predicted octanol–water partition coefficient (Wildman–Crippen LogP) is 0.118. The van der Waals surface area contributed by atoms with Gasteiger partial charge in [-0.1, -0.05) is 12.6 Å². The quantitative estimate of drug-likeness (QED) is 0.633. The second-order valence-electron chi connectivity index (χ2n) is 4.22. The van der Waals surface area contributed by atoms with Crippen molar-refractivity contribution < 1.29 is 0 Å². The summed E-state index contributed by atoms with van der Waals surface area (Å²) >= 11 is 0. The highest BCUT2D eigenvalue weighted by molar-refractivity contribution is 5.80. The zero-order chi connectivity index (χ0) is 12.7. The molecule has 0 aliphatic rings. The van der Waals surface area contributed by atoms with Gasteiger partial charge in [-0.05, 0) is 23.8 Å². The predicted molar refractivity (Wildman–Crippen MR) is 72.1 cm³/mol. The van der Waals surface area contributed by atoms with E-state index >= 15 is 0 Å². The standard InChI is InChI=1S/C13H13N5/c1-8-12(16-13(14)18(8)2)6-9-3-4-11-10(5-9)7-15-17-11/h3-7H,1H2,2H3,(H2,14,16)(H,15,17)/b12-6-. The normalized spacial score (nSPS) is 12.4. The molecule has 0 saturated carbocycles. The number of fused-ring (bicyclic) bond motifs is 1. The molecular formula is C13H13N5. The Morgan fingerprint density at radius 1 is 1.44 bits per heavy atom. The summed E-state index contributed by atoms with van der Waals surface area (Å²) in [4.78, 5) is 4.27. The van der Waals surface area contributed by atoms with Crippen molar-refractivity contribution >= 4 is 29.5 Å². The molecule has 0 aliphatic carbocycles. The summed E-state index contributed by atoms with van der Waals surface area (Å²) in [6, 6.07) is 6.04. The molecular weight excluding hydrogens is 226 g/mol. The fourth-order valence-corrected chi connectivity index (χ4v) is 1.90. The first-order valence-corrected chi connectivity index (χ1v) is 5.57. The van der Waals surface area contributed by atoms with Crippen molar-refractivity contribution in [2.24, 2.45) is 7.05 Å². The molecule has 3 rings (SSSR count). The summed E-state index contributed by atoms with van der Waals surface area (Å²) in [7, 11) is 1.85. The van der Waals surface area contributed by atoms with Crippen LogP contribution in [0.3, 0.4) is 0 Å². The van der Waals surface area contributed by atoms with Crippen LogP contribution < -0.4 is 16.4 Å². The average Bonchev–Trinajstić information content (AvgIpc) is 2.91. The van der Waals surface area contributed by atoms with Crippen LogP contribution >= 0.6 is 0 Å². The Morgan fingerprint density at radius 3 is 3.00 bits per heavy atom. The maximum absolute atomic E-state index is 5.75. The van der Waals surface area contributed by atoms with Gasteiger partial charge in [0.15, 0.2) is 0 Å². The van der Waals surface area contributed by atoms with Gasteiger partial charge in [0.2, 0.25) is 5.95 Å². The van der Waals surface area contributed by atoms with Crippen LogP contribution in [0.15, 0.2) is 24.4 Å². The van der Waals surface area contributed by atoms with Crippen molar-refractivity contribution in [1.29, 1.82) is 0 Å². The highest BCUT2D eigenvalue weighted by Crippen LogP contribution is 2.12. The van der Waals surface area contributed by atoms with Gasteiger partial charge in [-0.3, -0.25) is 5.10 Å². The number of anilines is 1. The molecule has 0 unspecified atom stereocenters. The first-order valence-electron chi connectivity index (χ1n) is 5.57. The topological polar surface area (TPSA) is 72.5 Å². The maximum atomic E-state index is 5.75. The fourth-order valence-electron chi connectivity index (χ4n) is 1.90. The molecule has 0 aliphatic heterocycles. The second kappa shape index (κ2) is 3.73. The van der Waals surface area contributed by atoms with Crippen LogP contribution in [-0.2, 0) is 7.05 Å². The summed E-state index contributed by atoms with van der Waals surface area (Å²) in [5.41, 5.74) is 7.81. The van der Waals surface area contributed by atoms with E-state index < -0.39 is 0 Å². The zero-order valence-corrected chi connectivity index (χ0v) is 10.0. The van der Waals surface area contributed by atoms with E-state index in [1.807, 2.05) is 31.3 Å². The Kier molecular flexibility index (Phi) is 2.19. The molecule has 0 saturated heterocycles. The number of nitrogens with two attached hydrogens (primary N) is 1. The van der Waals surface area contributed by atoms with Crippen LogP contribution in [0, 0.1) is 0 Å². The molecule has 0 fully saturated rings. The second-order valence-corrected chi connectivity index (χ2v) is 4.22. The number of rotatable bonds is 1. The minimum Gasteiger partial charge on any atom is -0.369 e. The summed E-state index contributed by atoms with van der Waals surface area (Å²) in [6.07, 6.45) is 3.76. The largest absolute Gasteiger partial charge is 0.369 e. The molecule has 90 valence electrons. The van der Waals surface area contributed by atoms with Crippen LogP contribution in [-0.4, -0.2) is 19.7 Å². The zero-order valence-electron chi connectivity index (χ0n) is 10.0. The van der Waals surface area contributed by atoms with E-state index in [1.165, 1.54) is 0 Å². The van der Waals surface area contributed by atoms with E-state index in [9.17, 15) is 0 Å². The number of hydrogen-bond acceptors (Lipinski definition) is 3. The maximum Gasteiger partial charge on any atom is 0.200 e. The van der Waals surface area contributed by atoms with E-state index in [4.69, 9.17) is 5.73 Å². The molecule has 3 N–H and O–H groups in total. The monoisotopic (exact) mass is 239 g/mol. The third-order valence-corrected chi connectivity index (χ3v) is 3.05. The summed E-state index contributed by atoms with van der Waals surface area (Å²) in [6.45, 7) is 3.96. The number of nitrogens with zero attached hydrogens (tertiary/aromatic N) is 3. The Balaban J connectivity index is 2.20. The minimum atomic E-state index is 0.468. The third kappa shape index (κ3) is 1.57. The van der Waals surface area contributed by atoms with Crippen molar-refractivity contribution in [2.75, 3.05) is 5.73 Å². The van der Waals surface area contributed by atoms with Gasteiger partial charge in [-0.25, -0.2) is 4.98 Å².